The number of rotatable bonds is 7. The molecule has 0 aliphatic carbocycles. The molecule has 0 saturated carbocycles. The Balaban J connectivity index is 2.12. The van der Waals surface area contributed by atoms with Gasteiger partial charge in [0.05, 0.1) is 13.2 Å². The lowest BCUT2D eigenvalue weighted by molar-refractivity contribution is 0.119. The van der Waals surface area contributed by atoms with Crippen LogP contribution < -0.4 is 5.32 Å². The molecule has 1 unspecified atom stereocenters. The monoisotopic (exact) mass is 255 g/mol. The first-order valence-corrected chi connectivity index (χ1v) is 6.53. The van der Waals surface area contributed by atoms with Crippen molar-refractivity contribution in [3.63, 3.8) is 0 Å². The van der Waals surface area contributed by atoms with E-state index in [0.717, 1.165) is 23.7 Å². The number of ether oxygens (including phenoxy) is 1. The molecule has 17 heavy (non-hydrogen) atoms. The molecule has 1 atom stereocenters. The van der Waals surface area contributed by atoms with Gasteiger partial charge in [-0.25, -0.2) is 0 Å². The molecule has 0 spiro atoms. The van der Waals surface area contributed by atoms with Crippen LogP contribution in [0.15, 0.2) is 24.3 Å². The molecule has 0 saturated heterocycles. The molecule has 96 valence electrons. The molecule has 1 N–H and O–H groups in total. The minimum Gasteiger partial charge on any atom is -0.375 e. The van der Waals surface area contributed by atoms with Crippen LogP contribution in [0.4, 0.5) is 0 Å². The van der Waals surface area contributed by atoms with Crippen molar-refractivity contribution in [1.82, 2.24) is 5.32 Å². The molecule has 1 aromatic rings. The molecule has 1 rings (SSSR count). The van der Waals surface area contributed by atoms with E-state index in [9.17, 15) is 0 Å². The zero-order chi connectivity index (χ0) is 12.7. The quantitative estimate of drug-likeness (QED) is 0.753. The average Bonchev–Trinajstić information content (AvgIpc) is 2.28. The third kappa shape index (κ3) is 6.06. The van der Waals surface area contributed by atoms with Gasteiger partial charge in [0.2, 0.25) is 0 Å². The molecule has 0 radical (unpaired) electrons. The van der Waals surface area contributed by atoms with E-state index in [-0.39, 0.29) is 0 Å². The van der Waals surface area contributed by atoms with Gasteiger partial charge in [-0.05, 0) is 30.5 Å². The Morgan fingerprint density at radius 3 is 2.71 bits per heavy atom. The van der Waals surface area contributed by atoms with Gasteiger partial charge in [-0.3, -0.25) is 0 Å². The van der Waals surface area contributed by atoms with E-state index >= 15 is 0 Å². The summed E-state index contributed by atoms with van der Waals surface area (Å²) in [4.78, 5) is 0. The van der Waals surface area contributed by atoms with Crippen LogP contribution in [0.25, 0.3) is 0 Å². The van der Waals surface area contributed by atoms with Gasteiger partial charge in [-0.1, -0.05) is 37.6 Å². The van der Waals surface area contributed by atoms with Crippen molar-refractivity contribution in [2.75, 3.05) is 13.2 Å². The van der Waals surface area contributed by atoms with Crippen molar-refractivity contribution in [2.45, 2.75) is 33.4 Å². The molecule has 0 bridgehead atoms. The fourth-order valence-electron chi connectivity index (χ4n) is 1.41. The van der Waals surface area contributed by atoms with E-state index in [1.165, 1.54) is 0 Å². The average molecular weight is 256 g/mol. The highest BCUT2D eigenvalue weighted by molar-refractivity contribution is 6.30. The first-order chi connectivity index (χ1) is 8.09. The van der Waals surface area contributed by atoms with Crippen molar-refractivity contribution in [2.24, 2.45) is 5.92 Å². The van der Waals surface area contributed by atoms with Gasteiger partial charge in [0, 0.05) is 17.6 Å². The highest BCUT2D eigenvalue weighted by Gasteiger charge is 2.04. The highest BCUT2D eigenvalue weighted by Crippen LogP contribution is 2.11. The van der Waals surface area contributed by atoms with E-state index in [0.29, 0.717) is 18.6 Å². The maximum atomic E-state index is 5.89. The van der Waals surface area contributed by atoms with Crippen molar-refractivity contribution >= 4 is 11.6 Å². The van der Waals surface area contributed by atoms with Crippen LogP contribution in [0.2, 0.25) is 5.02 Å². The summed E-state index contributed by atoms with van der Waals surface area (Å²) in [7, 11) is 0. The largest absolute Gasteiger partial charge is 0.375 e. The normalized spacial score (nSPS) is 13.0. The summed E-state index contributed by atoms with van der Waals surface area (Å²) in [6.07, 6.45) is 0. The SMILES string of the molecule is CC(C)C(C)NCCOCc1cccc(Cl)c1. The van der Waals surface area contributed by atoms with Crippen molar-refractivity contribution in [3.05, 3.63) is 34.9 Å². The molecule has 1 aromatic carbocycles. The molecular weight excluding hydrogens is 234 g/mol. The minimum absolute atomic E-state index is 0.532. The molecule has 0 heterocycles. The maximum absolute atomic E-state index is 5.89. The molecule has 0 aliphatic rings. The van der Waals surface area contributed by atoms with Crippen LogP contribution in [0.1, 0.15) is 26.3 Å². The Morgan fingerprint density at radius 1 is 1.29 bits per heavy atom. The van der Waals surface area contributed by atoms with Gasteiger partial charge >= 0.3 is 0 Å². The number of hydrogen-bond acceptors (Lipinski definition) is 2. The van der Waals surface area contributed by atoms with Gasteiger partial charge in [-0.2, -0.15) is 0 Å². The third-order valence-corrected chi connectivity index (χ3v) is 3.11. The Morgan fingerprint density at radius 2 is 2.06 bits per heavy atom. The van der Waals surface area contributed by atoms with Crippen LogP contribution >= 0.6 is 11.6 Å². The van der Waals surface area contributed by atoms with Crippen LogP contribution in [0.3, 0.4) is 0 Å². The van der Waals surface area contributed by atoms with Gasteiger partial charge in [-0.15, -0.1) is 0 Å². The molecule has 0 aliphatic heterocycles. The zero-order valence-corrected chi connectivity index (χ0v) is 11.6. The molecular formula is C14H22ClNO. The van der Waals surface area contributed by atoms with Gasteiger partial charge in [0.15, 0.2) is 0 Å². The molecule has 0 aromatic heterocycles. The Bertz CT molecular complexity index is 328. The van der Waals surface area contributed by atoms with E-state index < -0.39 is 0 Å². The summed E-state index contributed by atoms with van der Waals surface area (Å²) in [6.45, 7) is 8.86. The zero-order valence-electron chi connectivity index (χ0n) is 10.9. The predicted molar refractivity (Wildman–Crippen MR) is 73.4 cm³/mol. The molecule has 3 heteroatoms. The Hall–Kier alpha value is -0.570. The van der Waals surface area contributed by atoms with Gasteiger partial charge in [0.1, 0.15) is 0 Å². The predicted octanol–water partition coefficient (Wildman–Crippen LogP) is 3.49. The van der Waals surface area contributed by atoms with Crippen molar-refractivity contribution in [1.29, 1.82) is 0 Å². The summed E-state index contributed by atoms with van der Waals surface area (Å²) in [5, 5.41) is 4.19. The second kappa shape index (κ2) is 7.70. The Labute approximate surface area is 109 Å². The number of nitrogens with one attached hydrogen (secondary N) is 1. The smallest absolute Gasteiger partial charge is 0.0718 e. The van der Waals surface area contributed by atoms with Gasteiger partial charge in [0.25, 0.3) is 0 Å². The first-order valence-electron chi connectivity index (χ1n) is 6.15. The van der Waals surface area contributed by atoms with Crippen molar-refractivity contribution in [3.8, 4) is 0 Å². The Kier molecular flexibility index (Phi) is 6.56. The topological polar surface area (TPSA) is 21.3 Å². The van der Waals surface area contributed by atoms with Gasteiger partial charge < -0.3 is 10.1 Å². The van der Waals surface area contributed by atoms with E-state index in [1.807, 2.05) is 24.3 Å². The maximum Gasteiger partial charge on any atom is 0.0718 e. The summed E-state index contributed by atoms with van der Waals surface area (Å²) in [5.74, 6) is 0.655. The first kappa shape index (κ1) is 14.5. The number of benzene rings is 1. The lowest BCUT2D eigenvalue weighted by Crippen LogP contribution is -2.33. The van der Waals surface area contributed by atoms with E-state index in [4.69, 9.17) is 16.3 Å². The minimum atomic E-state index is 0.532. The lowest BCUT2D eigenvalue weighted by Gasteiger charge is -2.17. The fourth-order valence-corrected chi connectivity index (χ4v) is 1.62. The van der Waals surface area contributed by atoms with Crippen LogP contribution in [-0.2, 0) is 11.3 Å². The number of hydrogen-bond donors (Lipinski definition) is 1. The highest BCUT2D eigenvalue weighted by atomic mass is 35.5. The second-order valence-electron chi connectivity index (χ2n) is 4.67. The third-order valence-electron chi connectivity index (χ3n) is 2.87. The summed E-state index contributed by atoms with van der Waals surface area (Å²) in [6, 6.07) is 8.31. The molecule has 2 nitrogen and oxygen atoms in total. The molecule has 0 amide bonds. The molecule has 0 fully saturated rings. The van der Waals surface area contributed by atoms with Crippen molar-refractivity contribution < 1.29 is 4.74 Å². The van der Waals surface area contributed by atoms with Crippen LogP contribution in [0.5, 0.6) is 0 Å². The fraction of sp³-hybridized carbons (Fsp3) is 0.571. The van der Waals surface area contributed by atoms with Crippen LogP contribution in [0, 0.1) is 5.92 Å². The number of halogens is 1. The van der Waals surface area contributed by atoms with Crippen LogP contribution in [-0.4, -0.2) is 19.2 Å². The standard InChI is InChI=1S/C14H22ClNO/c1-11(2)12(3)16-7-8-17-10-13-5-4-6-14(15)9-13/h4-6,9,11-12,16H,7-8,10H2,1-3H3. The second-order valence-corrected chi connectivity index (χ2v) is 5.11. The summed E-state index contributed by atoms with van der Waals surface area (Å²) >= 11 is 5.89. The van der Waals surface area contributed by atoms with E-state index in [2.05, 4.69) is 26.1 Å². The summed E-state index contributed by atoms with van der Waals surface area (Å²) in [5.41, 5.74) is 1.12. The summed E-state index contributed by atoms with van der Waals surface area (Å²) < 4.78 is 5.58. The van der Waals surface area contributed by atoms with E-state index in [1.54, 1.807) is 0 Å². The lowest BCUT2D eigenvalue weighted by atomic mass is 10.1.